The number of rotatable bonds is 7. The van der Waals surface area contributed by atoms with E-state index in [1.54, 1.807) is 6.92 Å². The standard InChI is InChI=1S/C14H20FNO3/c1-3-4-7-18-14(17)9-19-13-6-5-11(15)8-12(13)10(2)16/h5-6,8,10H,3-4,7,9,16H2,1-2H3/t10-/m1/s1. The van der Waals surface area contributed by atoms with Crippen LogP contribution in [0, 0.1) is 5.82 Å². The third-order valence-electron chi connectivity index (χ3n) is 2.57. The summed E-state index contributed by atoms with van der Waals surface area (Å²) in [5.74, 6) is -0.414. The van der Waals surface area contributed by atoms with Gasteiger partial charge < -0.3 is 15.2 Å². The molecule has 0 saturated carbocycles. The largest absolute Gasteiger partial charge is 0.482 e. The van der Waals surface area contributed by atoms with Gasteiger partial charge in [-0.25, -0.2) is 9.18 Å². The minimum absolute atomic E-state index is 0.199. The molecule has 0 amide bonds. The van der Waals surface area contributed by atoms with Crippen LogP contribution in [-0.2, 0) is 9.53 Å². The molecule has 1 atom stereocenters. The first-order valence-corrected chi connectivity index (χ1v) is 6.38. The average molecular weight is 269 g/mol. The minimum Gasteiger partial charge on any atom is -0.482 e. The summed E-state index contributed by atoms with van der Waals surface area (Å²) in [7, 11) is 0. The molecule has 0 radical (unpaired) electrons. The highest BCUT2D eigenvalue weighted by Gasteiger charge is 2.11. The molecular weight excluding hydrogens is 249 g/mol. The van der Waals surface area contributed by atoms with Crippen molar-refractivity contribution in [2.24, 2.45) is 5.73 Å². The van der Waals surface area contributed by atoms with Gasteiger partial charge in [-0.1, -0.05) is 13.3 Å². The van der Waals surface area contributed by atoms with Crippen LogP contribution in [0.25, 0.3) is 0 Å². The van der Waals surface area contributed by atoms with Gasteiger partial charge in [-0.15, -0.1) is 0 Å². The summed E-state index contributed by atoms with van der Waals surface area (Å²) in [6.45, 7) is 3.93. The maximum Gasteiger partial charge on any atom is 0.344 e. The Balaban J connectivity index is 2.55. The summed E-state index contributed by atoms with van der Waals surface area (Å²) in [5.41, 5.74) is 6.25. The first-order chi connectivity index (χ1) is 9.04. The van der Waals surface area contributed by atoms with Gasteiger partial charge in [-0.05, 0) is 31.5 Å². The maximum atomic E-state index is 13.1. The lowest BCUT2D eigenvalue weighted by atomic mass is 10.1. The Labute approximate surface area is 112 Å². The van der Waals surface area contributed by atoms with Gasteiger partial charge in [0.1, 0.15) is 11.6 Å². The van der Waals surface area contributed by atoms with Crippen LogP contribution < -0.4 is 10.5 Å². The van der Waals surface area contributed by atoms with Gasteiger partial charge in [-0.3, -0.25) is 0 Å². The fourth-order valence-corrected chi connectivity index (χ4v) is 1.52. The van der Waals surface area contributed by atoms with E-state index < -0.39 is 5.97 Å². The molecule has 0 aliphatic rings. The van der Waals surface area contributed by atoms with Crippen LogP contribution in [0.1, 0.15) is 38.3 Å². The molecule has 0 heterocycles. The van der Waals surface area contributed by atoms with Gasteiger partial charge in [0.25, 0.3) is 0 Å². The molecule has 1 rings (SSSR count). The average Bonchev–Trinajstić information content (AvgIpc) is 2.37. The van der Waals surface area contributed by atoms with E-state index in [0.717, 1.165) is 12.8 Å². The van der Waals surface area contributed by atoms with E-state index in [1.807, 2.05) is 6.92 Å². The zero-order valence-corrected chi connectivity index (χ0v) is 11.3. The number of carbonyl (C=O) groups is 1. The highest BCUT2D eigenvalue weighted by Crippen LogP contribution is 2.24. The summed E-state index contributed by atoms with van der Waals surface area (Å²) in [5, 5.41) is 0. The monoisotopic (exact) mass is 269 g/mol. The van der Waals surface area contributed by atoms with Gasteiger partial charge in [0.05, 0.1) is 6.61 Å². The first-order valence-electron chi connectivity index (χ1n) is 6.38. The second kappa shape index (κ2) is 7.74. The van der Waals surface area contributed by atoms with Crippen LogP contribution in [0.4, 0.5) is 4.39 Å². The first kappa shape index (κ1) is 15.4. The van der Waals surface area contributed by atoms with Crippen molar-refractivity contribution in [3.05, 3.63) is 29.6 Å². The number of carbonyl (C=O) groups excluding carboxylic acids is 1. The SMILES string of the molecule is CCCCOC(=O)COc1ccc(F)cc1[C@@H](C)N. The number of benzene rings is 1. The van der Waals surface area contributed by atoms with E-state index >= 15 is 0 Å². The van der Waals surface area contributed by atoms with Gasteiger partial charge in [0.2, 0.25) is 0 Å². The summed E-state index contributed by atoms with van der Waals surface area (Å²) in [6.07, 6.45) is 1.79. The Bertz CT molecular complexity index is 421. The fraction of sp³-hybridized carbons (Fsp3) is 0.500. The number of esters is 1. The van der Waals surface area contributed by atoms with Crippen LogP contribution in [0.15, 0.2) is 18.2 Å². The zero-order chi connectivity index (χ0) is 14.3. The lowest BCUT2D eigenvalue weighted by Gasteiger charge is -2.13. The summed E-state index contributed by atoms with van der Waals surface area (Å²) < 4.78 is 23.4. The molecule has 0 fully saturated rings. The third kappa shape index (κ3) is 5.26. The Hall–Kier alpha value is -1.62. The Morgan fingerprint density at radius 3 is 2.84 bits per heavy atom. The van der Waals surface area contributed by atoms with Crippen LogP contribution in [-0.4, -0.2) is 19.2 Å². The quantitative estimate of drug-likeness (QED) is 0.610. The van der Waals surface area contributed by atoms with Gasteiger partial charge in [0, 0.05) is 11.6 Å². The topological polar surface area (TPSA) is 61.5 Å². The van der Waals surface area contributed by atoms with Crippen molar-refractivity contribution in [1.82, 2.24) is 0 Å². The van der Waals surface area contributed by atoms with Crippen molar-refractivity contribution in [3.63, 3.8) is 0 Å². The molecule has 1 aromatic carbocycles. The Kier molecular flexibility index (Phi) is 6.29. The molecular formula is C14H20FNO3. The molecule has 0 aliphatic carbocycles. The van der Waals surface area contributed by atoms with Crippen molar-refractivity contribution < 1.29 is 18.7 Å². The third-order valence-corrected chi connectivity index (χ3v) is 2.57. The van der Waals surface area contributed by atoms with Crippen molar-refractivity contribution in [2.75, 3.05) is 13.2 Å². The summed E-state index contributed by atoms with van der Waals surface area (Å²) in [6, 6.07) is 3.67. The van der Waals surface area contributed by atoms with Crippen molar-refractivity contribution >= 4 is 5.97 Å². The lowest BCUT2D eigenvalue weighted by molar-refractivity contribution is -0.146. The van der Waals surface area contributed by atoms with E-state index in [4.69, 9.17) is 15.2 Å². The zero-order valence-electron chi connectivity index (χ0n) is 11.3. The summed E-state index contributed by atoms with van der Waals surface area (Å²) >= 11 is 0. The molecule has 1 aromatic rings. The van der Waals surface area contributed by atoms with E-state index in [9.17, 15) is 9.18 Å². The number of hydrogen-bond donors (Lipinski definition) is 1. The highest BCUT2D eigenvalue weighted by atomic mass is 19.1. The number of unbranched alkanes of at least 4 members (excludes halogenated alkanes) is 1. The Morgan fingerprint density at radius 2 is 2.21 bits per heavy atom. The van der Waals surface area contributed by atoms with E-state index in [-0.39, 0.29) is 18.5 Å². The Morgan fingerprint density at radius 1 is 1.47 bits per heavy atom. The van der Waals surface area contributed by atoms with Crippen molar-refractivity contribution in [1.29, 1.82) is 0 Å². The number of nitrogens with two attached hydrogens (primary N) is 1. The van der Waals surface area contributed by atoms with Crippen LogP contribution in [0.2, 0.25) is 0 Å². The molecule has 0 spiro atoms. The molecule has 5 heteroatoms. The number of hydrogen-bond acceptors (Lipinski definition) is 4. The normalized spacial score (nSPS) is 12.0. The van der Waals surface area contributed by atoms with Crippen molar-refractivity contribution in [3.8, 4) is 5.75 Å². The van der Waals surface area contributed by atoms with E-state index in [0.29, 0.717) is 17.9 Å². The molecule has 0 aliphatic heterocycles. The molecule has 106 valence electrons. The predicted octanol–water partition coefficient (Wildman–Crippen LogP) is 2.57. The molecule has 0 bridgehead atoms. The molecule has 19 heavy (non-hydrogen) atoms. The van der Waals surface area contributed by atoms with Crippen molar-refractivity contribution in [2.45, 2.75) is 32.7 Å². The van der Waals surface area contributed by atoms with Gasteiger partial charge >= 0.3 is 5.97 Å². The van der Waals surface area contributed by atoms with Gasteiger partial charge in [-0.2, -0.15) is 0 Å². The maximum absolute atomic E-state index is 13.1. The van der Waals surface area contributed by atoms with Crippen LogP contribution in [0.3, 0.4) is 0 Å². The smallest absolute Gasteiger partial charge is 0.344 e. The lowest BCUT2D eigenvalue weighted by Crippen LogP contribution is -2.17. The van der Waals surface area contributed by atoms with Gasteiger partial charge in [0.15, 0.2) is 6.61 Å². The highest BCUT2D eigenvalue weighted by molar-refractivity contribution is 5.71. The van der Waals surface area contributed by atoms with Crippen LogP contribution in [0.5, 0.6) is 5.75 Å². The van der Waals surface area contributed by atoms with E-state index in [2.05, 4.69) is 0 Å². The molecule has 4 nitrogen and oxygen atoms in total. The number of halogens is 1. The molecule has 0 unspecified atom stereocenters. The number of ether oxygens (including phenoxy) is 2. The predicted molar refractivity (Wildman–Crippen MR) is 70.4 cm³/mol. The minimum atomic E-state index is -0.437. The fourth-order valence-electron chi connectivity index (χ4n) is 1.52. The van der Waals surface area contributed by atoms with Crippen LogP contribution >= 0.6 is 0 Å². The second-order valence-corrected chi connectivity index (χ2v) is 4.33. The second-order valence-electron chi connectivity index (χ2n) is 4.33. The molecule has 2 N–H and O–H groups in total. The van der Waals surface area contributed by atoms with E-state index in [1.165, 1.54) is 18.2 Å². The molecule has 0 aromatic heterocycles. The molecule has 0 saturated heterocycles. The summed E-state index contributed by atoms with van der Waals surface area (Å²) in [4.78, 5) is 11.4.